The van der Waals surface area contributed by atoms with Crippen LogP contribution in [0.4, 0.5) is 5.69 Å². The highest BCUT2D eigenvalue weighted by molar-refractivity contribution is 7.08. The first-order valence-electron chi connectivity index (χ1n) is 4.82. The van der Waals surface area contributed by atoms with Gasteiger partial charge in [0.15, 0.2) is 0 Å². The zero-order valence-corrected chi connectivity index (χ0v) is 9.14. The van der Waals surface area contributed by atoms with Crippen LogP contribution in [0, 0.1) is 0 Å². The molecule has 3 nitrogen and oxygen atoms in total. The quantitative estimate of drug-likeness (QED) is 0.786. The van der Waals surface area contributed by atoms with E-state index in [4.69, 9.17) is 5.73 Å². The van der Waals surface area contributed by atoms with Crippen LogP contribution in [0.15, 0.2) is 16.8 Å². The Balaban J connectivity index is 2.34. The molecule has 0 saturated carbocycles. The summed E-state index contributed by atoms with van der Waals surface area (Å²) < 4.78 is 0. The molecule has 4 heteroatoms. The van der Waals surface area contributed by atoms with Gasteiger partial charge in [0.1, 0.15) is 0 Å². The first-order valence-corrected chi connectivity index (χ1v) is 5.77. The first kappa shape index (κ1) is 11.2. The van der Waals surface area contributed by atoms with Gasteiger partial charge in [-0.3, -0.25) is 4.79 Å². The molecule has 0 radical (unpaired) electrons. The van der Waals surface area contributed by atoms with Crippen LogP contribution < -0.4 is 11.1 Å². The van der Waals surface area contributed by atoms with E-state index in [0.29, 0.717) is 0 Å². The highest BCUT2D eigenvalue weighted by Gasteiger charge is 2.12. The van der Waals surface area contributed by atoms with Gasteiger partial charge in [0.25, 0.3) is 0 Å². The van der Waals surface area contributed by atoms with E-state index < -0.39 is 0 Å². The summed E-state index contributed by atoms with van der Waals surface area (Å²) in [5, 5.41) is 6.59. The number of nitrogens with two attached hydrogens (primary N) is 1. The predicted molar refractivity (Wildman–Crippen MR) is 60.4 cm³/mol. The van der Waals surface area contributed by atoms with Crippen molar-refractivity contribution in [3.8, 4) is 0 Å². The molecule has 1 rings (SSSR count). The van der Waals surface area contributed by atoms with Crippen LogP contribution in [0.1, 0.15) is 26.2 Å². The molecular formula is C10H16N2OS. The molecule has 0 aliphatic rings. The molecule has 0 aliphatic carbocycles. The summed E-state index contributed by atoms with van der Waals surface area (Å²) in [5.74, 6) is -0.0862. The molecule has 0 unspecified atom stereocenters. The molecule has 0 saturated heterocycles. The zero-order chi connectivity index (χ0) is 10.4. The number of nitrogens with one attached hydrogen (secondary N) is 1. The monoisotopic (exact) mass is 212 g/mol. The molecule has 0 bridgehead atoms. The summed E-state index contributed by atoms with van der Waals surface area (Å²) in [6, 6.07) is 1.49. The summed E-state index contributed by atoms with van der Waals surface area (Å²) in [6.07, 6.45) is 2.82. The molecule has 0 aromatic carbocycles. The van der Waals surface area contributed by atoms with E-state index in [0.717, 1.165) is 24.9 Å². The van der Waals surface area contributed by atoms with E-state index in [-0.39, 0.29) is 11.9 Å². The van der Waals surface area contributed by atoms with Crippen LogP contribution in [0.25, 0.3) is 0 Å². The topological polar surface area (TPSA) is 55.1 Å². The molecule has 1 amide bonds. The second-order valence-electron chi connectivity index (χ2n) is 3.25. The third kappa shape index (κ3) is 3.47. The minimum absolute atomic E-state index is 0.0862. The van der Waals surface area contributed by atoms with Crippen molar-refractivity contribution >= 4 is 22.9 Å². The summed E-state index contributed by atoms with van der Waals surface area (Å²) in [5.41, 5.74) is 6.55. The second-order valence-corrected chi connectivity index (χ2v) is 4.03. The van der Waals surface area contributed by atoms with E-state index in [1.54, 1.807) is 11.3 Å². The van der Waals surface area contributed by atoms with Crippen molar-refractivity contribution in [3.05, 3.63) is 16.8 Å². The number of hydrogen-bond acceptors (Lipinski definition) is 3. The lowest BCUT2D eigenvalue weighted by Crippen LogP contribution is -2.35. The lowest BCUT2D eigenvalue weighted by atomic mass is 10.1. The Morgan fingerprint density at radius 1 is 1.71 bits per heavy atom. The van der Waals surface area contributed by atoms with Crippen molar-refractivity contribution in [1.82, 2.24) is 0 Å². The number of carbonyl (C=O) groups is 1. The second kappa shape index (κ2) is 5.78. The van der Waals surface area contributed by atoms with Crippen LogP contribution in [0.3, 0.4) is 0 Å². The fourth-order valence-corrected chi connectivity index (χ4v) is 1.71. The van der Waals surface area contributed by atoms with Crippen LogP contribution in [0.5, 0.6) is 0 Å². The van der Waals surface area contributed by atoms with Gasteiger partial charge < -0.3 is 11.1 Å². The average molecular weight is 212 g/mol. The van der Waals surface area contributed by atoms with Crippen LogP contribution >= 0.6 is 11.3 Å². The Bertz CT molecular complexity index is 272. The minimum atomic E-state index is -0.380. The third-order valence-corrected chi connectivity index (χ3v) is 2.68. The SMILES string of the molecule is CCCC[C@H](N)C(=O)Nc1ccsc1. The summed E-state index contributed by atoms with van der Waals surface area (Å²) in [4.78, 5) is 11.5. The summed E-state index contributed by atoms with van der Waals surface area (Å²) in [6.45, 7) is 2.09. The largest absolute Gasteiger partial charge is 0.324 e. The minimum Gasteiger partial charge on any atom is -0.324 e. The smallest absolute Gasteiger partial charge is 0.241 e. The van der Waals surface area contributed by atoms with Crippen molar-refractivity contribution in [2.45, 2.75) is 32.2 Å². The highest BCUT2D eigenvalue weighted by Crippen LogP contribution is 2.12. The van der Waals surface area contributed by atoms with Crippen molar-refractivity contribution in [2.24, 2.45) is 5.73 Å². The lowest BCUT2D eigenvalue weighted by Gasteiger charge is -2.10. The van der Waals surface area contributed by atoms with Crippen LogP contribution in [-0.2, 0) is 4.79 Å². The fourth-order valence-electron chi connectivity index (χ4n) is 1.13. The number of hydrogen-bond donors (Lipinski definition) is 2. The molecule has 0 aliphatic heterocycles. The van der Waals surface area contributed by atoms with Crippen molar-refractivity contribution in [1.29, 1.82) is 0 Å². The maximum atomic E-state index is 11.5. The molecular weight excluding hydrogens is 196 g/mol. The molecule has 78 valence electrons. The number of unbranched alkanes of at least 4 members (excludes halogenated alkanes) is 1. The van der Waals surface area contributed by atoms with Crippen molar-refractivity contribution < 1.29 is 4.79 Å². The van der Waals surface area contributed by atoms with Crippen LogP contribution in [0.2, 0.25) is 0 Å². The van der Waals surface area contributed by atoms with Gasteiger partial charge in [-0.05, 0) is 17.9 Å². The summed E-state index contributed by atoms with van der Waals surface area (Å²) >= 11 is 1.56. The van der Waals surface area contributed by atoms with E-state index in [1.165, 1.54) is 0 Å². The standard InChI is InChI=1S/C10H16N2OS/c1-2-3-4-9(11)10(13)12-8-5-6-14-7-8/h5-7,9H,2-4,11H2,1H3,(H,12,13)/t9-/m0/s1. The van der Waals surface area contributed by atoms with E-state index >= 15 is 0 Å². The molecule has 1 atom stereocenters. The van der Waals surface area contributed by atoms with Gasteiger partial charge in [0, 0.05) is 5.38 Å². The predicted octanol–water partition coefficient (Wildman–Crippen LogP) is 2.20. The van der Waals surface area contributed by atoms with Gasteiger partial charge in [-0.2, -0.15) is 11.3 Å². The molecule has 1 aromatic heterocycles. The van der Waals surface area contributed by atoms with Gasteiger partial charge in [0.05, 0.1) is 11.7 Å². The number of anilines is 1. The molecule has 3 N–H and O–H groups in total. The average Bonchev–Trinajstić information content (AvgIpc) is 2.66. The first-order chi connectivity index (χ1) is 6.74. The van der Waals surface area contributed by atoms with Crippen molar-refractivity contribution in [2.75, 3.05) is 5.32 Å². The molecule has 0 spiro atoms. The van der Waals surface area contributed by atoms with Gasteiger partial charge in [0.2, 0.25) is 5.91 Å². The Kier molecular flexibility index (Phi) is 4.62. The third-order valence-electron chi connectivity index (χ3n) is 1.99. The zero-order valence-electron chi connectivity index (χ0n) is 8.32. The molecule has 14 heavy (non-hydrogen) atoms. The highest BCUT2D eigenvalue weighted by atomic mass is 32.1. The number of rotatable bonds is 5. The maximum Gasteiger partial charge on any atom is 0.241 e. The van der Waals surface area contributed by atoms with Crippen molar-refractivity contribution in [3.63, 3.8) is 0 Å². The lowest BCUT2D eigenvalue weighted by molar-refractivity contribution is -0.117. The van der Waals surface area contributed by atoms with Gasteiger partial charge in [-0.15, -0.1) is 0 Å². The fraction of sp³-hybridized carbons (Fsp3) is 0.500. The number of amides is 1. The normalized spacial score (nSPS) is 12.4. The maximum absolute atomic E-state index is 11.5. The van der Waals surface area contributed by atoms with E-state index in [1.807, 2.05) is 16.8 Å². The Morgan fingerprint density at radius 2 is 2.50 bits per heavy atom. The molecule has 1 heterocycles. The Labute approximate surface area is 88.3 Å². The van der Waals surface area contributed by atoms with Gasteiger partial charge >= 0.3 is 0 Å². The molecule has 1 aromatic rings. The van der Waals surface area contributed by atoms with Gasteiger partial charge in [-0.25, -0.2) is 0 Å². The van der Waals surface area contributed by atoms with Gasteiger partial charge in [-0.1, -0.05) is 19.8 Å². The van der Waals surface area contributed by atoms with E-state index in [9.17, 15) is 4.79 Å². The number of carbonyl (C=O) groups excluding carboxylic acids is 1. The summed E-state index contributed by atoms with van der Waals surface area (Å²) in [7, 11) is 0. The van der Waals surface area contributed by atoms with Crippen LogP contribution in [-0.4, -0.2) is 11.9 Å². The Hall–Kier alpha value is -0.870. The Morgan fingerprint density at radius 3 is 3.07 bits per heavy atom. The molecule has 0 fully saturated rings. The number of thiophene rings is 1. The van der Waals surface area contributed by atoms with E-state index in [2.05, 4.69) is 12.2 Å².